The lowest BCUT2D eigenvalue weighted by Crippen LogP contribution is -2.21. The number of rotatable bonds is 2. The summed E-state index contributed by atoms with van der Waals surface area (Å²) in [5.74, 6) is 0. The molecule has 0 saturated carbocycles. The van der Waals surface area contributed by atoms with E-state index in [1.807, 2.05) is 44.2 Å². The molecule has 0 aliphatic carbocycles. The zero-order valence-corrected chi connectivity index (χ0v) is 9.07. The maximum Gasteiger partial charge on any atom is 0.0704 e. The molecule has 2 aromatic rings. The van der Waals surface area contributed by atoms with Crippen LogP contribution in [0, 0.1) is 0 Å². The summed E-state index contributed by atoms with van der Waals surface area (Å²) in [4.78, 5) is 4.29. The summed E-state index contributed by atoms with van der Waals surface area (Å²) in [5.41, 5.74) is 1.46. The van der Waals surface area contributed by atoms with Crippen molar-refractivity contribution in [2.24, 2.45) is 0 Å². The second-order valence-corrected chi connectivity index (χ2v) is 4.48. The van der Waals surface area contributed by atoms with Crippen LogP contribution in [0.25, 0.3) is 10.9 Å². The van der Waals surface area contributed by atoms with Crippen LogP contribution < -0.4 is 0 Å². The van der Waals surface area contributed by atoms with E-state index in [0.717, 1.165) is 16.5 Å². The molecule has 1 aromatic carbocycles. The number of benzene rings is 1. The highest BCUT2D eigenvalue weighted by molar-refractivity contribution is 5.81. The predicted molar refractivity (Wildman–Crippen MR) is 61.7 cm³/mol. The van der Waals surface area contributed by atoms with E-state index >= 15 is 0 Å². The van der Waals surface area contributed by atoms with Gasteiger partial charge in [0.05, 0.1) is 11.1 Å². The second-order valence-electron chi connectivity index (χ2n) is 4.48. The van der Waals surface area contributed by atoms with E-state index in [2.05, 4.69) is 4.98 Å². The quantitative estimate of drug-likeness (QED) is 0.810. The van der Waals surface area contributed by atoms with Crippen LogP contribution in [0.3, 0.4) is 0 Å². The molecule has 0 amide bonds. The largest absolute Gasteiger partial charge is 0.390 e. The lowest BCUT2D eigenvalue weighted by Gasteiger charge is -2.17. The van der Waals surface area contributed by atoms with E-state index in [9.17, 15) is 5.11 Å². The maximum absolute atomic E-state index is 9.81. The number of nitrogens with zero attached hydrogens (tertiary/aromatic N) is 1. The maximum atomic E-state index is 9.81. The SMILES string of the molecule is CC(C)(O)Cc1ccnc2ccccc12. The molecule has 2 heteroatoms. The van der Waals surface area contributed by atoms with Crippen LogP contribution in [0.5, 0.6) is 0 Å². The summed E-state index contributed by atoms with van der Waals surface area (Å²) in [7, 11) is 0. The molecule has 0 radical (unpaired) electrons. The Kier molecular flexibility index (Phi) is 2.45. The fraction of sp³-hybridized carbons (Fsp3) is 0.308. The summed E-state index contributed by atoms with van der Waals surface area (Å²) in [6, 6.07) is 9.98. The van der Waals surface area contributed by atoms with Crippen molar-refractivity contribution in [1.82, 2.24) is 4.98 Å². The van der Waals surface area contributed by atoms with Crippen molar-refractivity contribution in [2.75, 3.05) is 0 Å². The van der Waals surface area contributed by atoms with Gasteiger partial charge in [-0.3, -0.25) is 4.98 Å². The minimum absolute atomic E-state index is 0.649. The van der Waals surface area contributed by atoms with Gasteiger partial charge in [0.25, 0.3) is 0 Å². The van der Waals surface area contributed by atoms with Crippen LogP contribution in [0.15, 0.2) is 36.5 Å². The molecule has 0 fully saturated rings. The first kappa shape index (κ1) is 10.1. The van der Waals surface area contributed by atoms with Crippen molar-refractivity contribution in [3.63, 3.8) is 0 Å². The van der Waals surface area contributed by atoms with Crippen LogP contribution in [-0.4, -0.2) is 15.7 Å². The lowest BCUT2D eigenvalue weighted by atomic mass is 9.96. The van der Waals surface area contributed by atoms with Crippen molar-refractivity contribution in [1.29, 1.82) is 0 Å². The molecule has 15 heavy (non-hydrogen) atoms. The Labute approximate surface area is 89.6 Å². The molecule has 2 nitrogen and oxygen atoms in total. The topological polar surface area (TPSA) is 33.1 Å². The molecule has 0 aliphatic heterocycles. The highest BCUT2D eigenvalue weighted by Crippen LogP contribution is 2.20. The van der Waals surface area contributed by atoms with Gasteiger partial charge in [-0.25, -0.2) is 0 Å². The van der Waals surface area contributed by atoms with Gasteiger partial charge in [-0.15, -0.1) is 0 Å². The van der Waals surface area contributed by atoms with Gasteiger partial charge < -0.3 is 5.11 Å². The van der Waals surface area contributed by atoms with Gasteiger partial charge in [-0.05, 0) is 31.5 Å². The molecule has 0 atom stereocenters. The van der Waals surface area contributed by atoms with E-state index < -0.39 is 5.60 Å². The summed E-state index contributed by atoms with van der Waals surface area (Å²) in [6.07, 6.45) is 2.44. The normalized spacial score (nSPS) is 11.9. The molecular formula is C13H15NO. The third-order valence-corrected chi connectivity index (χ3v) is 2.36. The summed E-state index contributed by atoms with van der Waals surface area (Å²) >= 11 is 0. The first-order valence-corrected chi connectivity index (χ1v) is 5.11. The Bertz CT molecular complexity index is 466. The molecule has 0 spiro atoms. The van der Waals surface area contributed by atoms with Crippen molar-refractivity contribution in [3.8, 4) is 0 Å². The summed E-state index contributed by atoms with van der Waals surface area (Å²) < 4.78 is 0. The third-order valence-electron chi connectivity index (χ3n) is 2.36. The fourth-order valence-corrected chi connectivity index (χ4v) is 1.78. The zero-order chi connectivity index (χ0) is 10.9. The Hall–Kier alpha value is -1.41. The minimum Gasteiger partial charge on any atom is -0.390 e. The second kappa shape index (κ2) is 3.63. The van der Waals surface area contributed by atoms with Crippen LogP contribution in [0.4, 0.5) is 0 Å². The van der Waals surface area contributed by atoms with Crippen LogP contribution in [-0.2, 0) is 6.42 Å². The molecule has 1 heterocycles. The summed E-state index contributed by atoms with van der Waals surface area (Å²) in [6.45, 7) is 3.64. The van der Waals surface area contributed by atoms with Gasteiger partial charge in [0.1, 0.15) is 0 Å². The van der Waals surface area contributed by atoms with Gasteiger partial charge in [0.2, 0.25) is 0 Å². The zero-order valence-electron chi connectivity index (χ0n) is 9.07. The number of hydrogen-bond acceptors (Lipinski definition) is 2. The summed E-state index contributed by atoms with van der Waals surface area (Å²) in [5, 5.41) is 10.9. The number of aliphatic hydroxyl groups is 1. The van der Waals surface area contributed by atoms with E-state index in [4.69, 9.17) is 0 Å². The monoisotopic (exact) mass is 201 g/mol. The number of pyridine rings is 1. The van der Waals surface area contributed by atoms with E-state index in [1.54, 1.807) is 6.20 Å². The number of para-hydroxylation sites is 1. The van der Waals surface area contributed by atoms with Crippen LogP contribution in [0.2, 0.25) is 0 Å². The third kappa shape index (κ3) is 2.34. The van der Waals surface area contributed by atoms with E-state index in [1.165, 1.54) is 0 Å². The standard InChI is InChI=1S/C13H15NO/c1-13(2,15)9-10-7-8-14-12-6-4-3-5-11(10)12/h3-8,15H,9H2,1-2H3. The van der Waals surface area contributed by atoms with Gasteiger partial charge >= 0.3 is 0 Å². The Morgan fingerprint density at radius 2 is 1.93 bits per heavy atom. The van der Waals surface area contributed by atoms with E-state index in [0.29, 0.717) is 6.42 Å². The van der Waals surface area contributed by atoms with Gasteiger partial charge in [0.15, 0.2) is 0 Å². The molecule has 0 aliphatic rings. The highest BCUT2D eigenvalue weighted by atomic mass is 16.3. The first-order chi connectivity index (χ1) is 7.06. The first-order valence-electron chi connectivity index (χ1n) is 5.11. The minimum atomic E-state index is -0.676. The number of fused-ring (bicyclic) bond motifs is 1. The fourth-order valence-electron chi connectivity index (χ4n) is 1.78. The van der Waals surface area contributed by atoms with Crippen molar-refractivity contribution in [2.45, 2.75) is 25.9 Å². The molecule has 0 saturated heterocycles. The number of aromatic nitrogens is 1. The Balaban J connectivity index is 2.52. The van der Waals surface area contributed by atoms with Gasteiger partial charge in [0, 0.05) is 18.0 Å². The average molecular weight is 201 g/mol. The smallest absolute Gasteiger partial charge is 0.0704 e. The molecule has 0 unspecified atom stereocenters. The molecule has 0 bridgehead atoms. The molecule has 1 aromatic heterocycles. The predicted octanol–water partition coefficient (Wildman–Crippen LogP) is 2.55. The molecular weight excluding hydrogens is 186 g/mol. The molecule has 78 valence electrons. The molecule has 2 rings (SSSR count). The average Bonchev–Trinajstić information content (AvgIpc) is 2.16. The number of hydrogen-bond donors (Lipinski definition) is 1. The van der Waals surface area contributed by atoms with Crippen molar-refractivity contribution in [3.05, 3.63) is 42.1 Å². The van der Waals surface area contributed by atoms with Crippen LogP contribution in [0.1, 0.15) is 19.4 Å². The lowest BCUT2D eigenvalue weighted by molar-refractivity contribution is 0.0813. The van der Waals surface area contributed by atoms with Gasteiger partial charge in [-0.1, -0.05) is 18.2 Å². The Morgan fingerprint density at radius 3 is 2.67 bits per heavy atom. The van der Waals surface area contributed by atoms with E-state index in [-0.39, 0.29) is 0 Å². The van der Waals surface area contributed by atoms with Crippen molar-refractivity contribution >= 4 is 10.9 Å². The van der Waals surface area contributed by atoms with Crippen LogP contribution >= 0.6 is 0 Å². The van der Waals surface area contributed by atoms with Gasteiger partial charge in [-0.2, -0.15) is 0 Å². The Morgan fingerprint density at radius 1 is 1.20 bits per heavy atom. The molecule has 1 N–H and O–H groups in total. The van der Waals surface area contributed by atoms with Crippen molar-refractivity contribution < 1.29 is 5.11 Å². The highest BCUT2D eigenvalue weighted by Gasteiger charge is 2.14.